The van der Waals surface area contributed by atoms with E-state index in [-0.39, 0.29) is 5.54 Å². The SMILES string of the molecule is N[C@]1(c2ccccc2)C2CC[C@@H](C2)C12CCCC2. The standard InChI is InChI=1S/C17H23N/c18-17(13-6-2-1-3-7-13)15-9-8-14(12-15)16(17)10-4-5-11-16/h1-3,6-7,14-15H,4-5,8-12,18H2/t14-,15?,17+/m0/s1. The van der Waals surface area contributed by atoms with Crippen LogP contribution in [0.2, 0.25) is 0 Å². The lowest BCUT2D eigenvalue weighted by atomic mass is 9.58. The molecule has 18 heavy (non-hydrogen) atoms. The van der Waals surface area contributed by atoms with Gasteiger partial charge in [-0.3, -0.25) is 0 Å². The van der Waals surface area contributed by atoms with Gasteiger partial charge in [0.25, 0.3) is 0 Å². The maximum Gasteiger partial charge on any atom is 0.0497 e. The minimum atomic E-state index is -0.0202. The lowest BCUT2D eigenvalue weighted by Crippen LogP contribution is -2.55. The molecule has 2 N–H and O–H groups in total. The Bertz CT molecular complexity index is 446. The molecule has 1 nitrogen and oxygen atoms in total. The summed E-state index contributed by atoms with van der Waals surface area (Å²) in [7, 11) is 0. The number of hydrogen-bond acceptors (Lipinski definition) is 1. The number of rotatable bonds is 1. The number of hydrogen-bond donors (Lipinski definition) is 1. The molecule has 0 radical (unpaired) electrons. The van der Waals surface area contributed by atoms with E-state index in [2.05, 4.69) is 30.3 Å². The van der Waals surface area contributed by atoms with Crippen LogP contribution in [-0.2, 0) is 5.54 Å². The Balaban J connectivity index is 1.87. The van der Waals surface area contributed by atoms with Gasteiger partial charge in [-0.1, -0.05) is 43.2 Å². The van der Waals surface area contributed by atoms with Crippen molar-refractivity contribution in [2.75, 3.05) is 0 Å². The van der Waals surface area contributed by atoms with Crippen LogP contribution in [0.25, 0.3) is 0 Å². The lowest BCUT2D eigenvalue weighted by molar-refractivity contribution is 0.0513. The van der Waals surface area contributed by atoms with Crippen molar-refractivity contribution in [2.24, 2.45) is 23.0 Å². The zero-order valence-corrected chi connectivity index (χ0v) is 11.1. The highest BCUT2D eigenvalue weighted by Crippen LogP contribution is 2.70. The molecule has 1 aromatic carbocycles. The molecule has 0 saturated heterocycles. The summed E-state index contributed by atoms with van der Waals surface area (Å²) < 4.78 is 0. The molecule has 3 aliphatic rings. The summed E-state index contributed by atoms with van der Waals surface area (Å²) in [5.41, 5.74) is 8.94. The van der Waals surface area contributed by atoms with Crippen molar-refractivity contribution in [2.45, 2.75) is 50.5 Å². The fourth-order valence-electron chi connectivity index (χ4n) is 5.71. The molecule has 0 heterocycles. The number of benzene rings is 1. The zero-order valence-electron chi connectivity index (χ0n) is 11.1. The van der Waals surface area contributed by atoms with Crippen LogP contribution in [-0.4, -0.2) is 0 Å². The van der Waals surface area contributed by atoms with Gasteiger partial charge in [0, 0.05) is 5.54 Å². The van der Waals surface area contributed by atoms with Gasteiger partial charge in [0.05, 0.1) is 0 Å². The first-order chi connectivity index (χ1) is 8.77. The summed E-state index contributed by atoms with van der Waals surface area (Å²) in [6, 6.07) is 11.0. The van der Waals surface area contributed by atoms with E-state index >= 15 is 0 Å². The molecule has 0 aromatic heterocycles. The van der Waals surface area contributed by atoms with Gasteiger partial charge in [-0.2, -0.15) is 0 Å². The third-order valence-corrected chi connectivity index (χ3v) is 6.43. The van der Waals surface area contributed by atoms with Gasteiger partial charge in [0.15, 0.2) is 0 Å². The normalized spacial score (nSPS) is 40.7. The summed E-state index contributed by atoms with van der Waals surface area (Å²) in [6.45, 7) is 0. The molecule has 1 heteroatoms. The molecule has 1 unspecified atom stereocenters. The average molecular weight is 241 g/mol. The van der Waals surface area contributed by atoms with E-state index in [1.165, 1.54) is 50.5 Å². The molecule has 2 bridgehead atoms. The van der Waals surface area contributed by atoms with Gasteiger partial charge >= 0.3 is 0 Å². The Morgan fingerprint density at radius 1 is 0.944 bits per heavy atom. The van der Waals surface area contributed by atoms with Crippen molar-refractivity contribution in [3.8, 4) is 0 Å². The maximum absolute atomic E-state index is 7.11. The van der Waals surface area contributed by atoms with Crippen LogP contribution < -0.4 is 5.73 Å². The second-order valence-electron chi connectivity index (χ2n) is 6.81. The molecule has 3 fully saturated rings. The molecule has 0 aliphatic heterocycles. The van der Waals surface area contributed by atoms with Crippen molar-refractivity contribution < 1.29 is 0 Å². The molecule has 1 aromatic rings. The molecule has 3 aliphatic carbocycles. The third kappa shape index (κ3) is 1.12. The average Bonchev–Trinajstić information content (AvgIpc) is 3.11. The molecular formula is C17H23N. The van der Waals surface area contributed by atoms with Gasteiger partial charge in [0.1, 0.15) is 0 Å². The van der Waals surface area contributed by atoms with E-state index in [1.54, 1.807) is 0 Å². The fraction of sp³-hybridized carbons (Fsp3) is 0.647. The first kappa shape index (κ1) is 11.0. The van der Waals surface area contributed by atoms with Crippen molar-refractivity contribution in [3.63, 3.8) is 0 Å². The molecule has 96 valence electrons. The summed E-state index contributed by atoms with van der Waals surface area (Å²) in [4.78, 5) is 0. The predicted octanol–water partition coefficient (Wildman–Crippen LogP) is 3.83. The minimum absolute atomic E-state index is 0.0202. The number of nitrogens with two attached hydrogens (primary N) is 1. The van der Waals surface area contributed by atoms with Gasteiger partial charge in [-0.15, -0.1) is 0 Å². The van der Waals surface area contributed by atoms with Crippen LogP contribution in [0.3, 0.4) is 0 Å². The predicted molar refractivity (Wildman–Crippen MR) is 74.0 cm³/mol. The Kier molecular flexibility index (Phi) is 2.21. The highest BCUT2D eigenvalue weighted by Gasteiger charge is 2.66. The molecule has 4 rings (SSSR count). The highest BCUT2D eigenvalue weighted by atomic mass is 14.9. The van der Waals surface area contributed by atoms with E-state index in [0.29, 0.717) is 5.41 Å². The molecule has 1 spiro atoms. The van der Waals surface area contributed by atoms with Crippen LogP contribution in [0.5, 0.6) is 0 Å². The van der Waals surface area contributed by atoms with Gasteiger partial charge in [-0.05, 0) is 54.9 Å². The largest absolute Gasteiger partial charge is 0.321 e. The van der Waals surface area contributed by atoms with Crippen LogP contribution in [0.4, 0.5) is 0 Å². The smallest absolute Gasteiger partial charge is 0.0497 e. The van der Waals surface area contributed by atoms with E-state index in [4.69, 9.17) is 5.73 Å². The monoisotopic (exact) mass is 241 g/mol. The summed E-state index contributed by atoms with van der Waals surface area (Å²) in [5.74, 6) is 1.65. The van der Waals surface area contributed by atoms with Crippen LogP contribution in [0.1, 0.15) is 50.5 Å². The van der Waals surface area contributed by atoms with Crippen LogP contribution >= 0.6 is 0 Å². The molecule has 3 saturated carbocycles. The van der Waals surface area contributed by atoms with Crippen LogP contribution in [0, 0.1) is 17.3 Å². The van der Waals surface area contributed by atoms with E-state index in [1.807, 2.05) is 0 Å². The Labute approximate surface area is 110 Å². The quantitative estimate of drug-likeness (QED) is 0.794. The summed E-state index contributed by atoms with van der Waals surface area (Å²) in [6.07, 6.45) is 9.74. The van der Waals surface area contributed by atoms with E-state index in [0.717, 1.165) is 11.8 Å². The van der Waals surface area contributed by atoms with Crippen molar-refractivity contribution in [1.29, 1.82) is 0 Å². The molecular weight excluding hydrogens is 218 g/mol. The topological polar surface area (TPSA) is 26.0 Å². The fourth-order valence-corrected chi connectivity index (χ4v) is 5.71. The second kappa shape index (κ2) is 3.60. The minimum Gasteiger partial charge on any atom is -0.321 e. The molecule has 3 atom stereocenters. The van der Waals surface area contributed by atoms with Crippen molar-refractivity contribution in [1.82, 2.24) is 0 Å². The Morgan fingerprint density at radius 3 is 2.33 bits per heavy atom. The molecule has 0 amide bonds. The summed E-state index contributed by atoms with van der Waals surface area (Å²) >= 11 is 0. The first-order valence-corrected chi connectivity index (χ1v) is 7.62. The number of fused-ring (bicyclic) bond motifs is 3. The second-order valence-corrected chi connectivity index (χ2v) is 6.81. The van der Waals surface area contributed by atoms with E-state index < -0.39 is 0 Å². The maximum atomic E-state index is 7.11. The van der Waals surface area contributed by atoms with Gasteiger partial charge < -0.3 is 5.73 Å². The van der Waals surface area contributed by atoms with Gasteiger partial charge in [0.2, 0.25) is 0 Å². The highest BCUT2D eigenvalue weighted by molar-refractivity contribution is 5.34. The Hall–Kier alpha value is -0.820. The Morgan fingerprint density at radius 2 is 1.61 bits per heavy atom. The first-order valence-electron chi connectivity index (χ1n) is 7.62. The lowest BCUT2D eigenvalue weighted by Gasteiger charge is -2.50. The van der Waals surface area contributed by atoms with Crippen LogP contribution in [0.15, 0.2) is 30.3 Å². The zero-order chi connectivity index (χ0) is 12.2. The summed E-state index contributed by atoms with van der Waals surface area (Å²) in [5, 5.41) is 0. The third-order valence-electron chi connectivity index (χ3n) is 6.43. The van der Waals surface area contributed by atoms with Crippen molar-refractivity contribution in [3.05, 3.63) is 35.9 Å². The van der Waals surface area contributed by atoms with Crippen molar-refractivity contribution >= 4 is 0 Å². The van der Waals surface area contributed by atoms with E-state index in [9.17, 15) is 0 Å². The van der Waals surface area contributed by atoms with Gasteiger partial charge in [-0.25, -0.2) is 0 Å².